The zero-order valence-electron chi connectivity index (χ0n) is 27.8. The summed E-state index contributed by atoms with van der Waals surface area (Å²) in [5.74, 6) is 0.0913. The van der Waals surface area contributed by atoms with Gasteiger partial charge in [0, 0.05) is 33.1 Å². The number of carbonyl (C=O) groups excluding carboxylic acids is 4. The lowest BCUT2D eigenvalue weighted by Gasteiger charge is -2.21. The number of aromatic nitrogens is 2. The zero-order chi connectivity index (χ0) is 34.8. The van der Waals surface area contributed by atoms with E-state index < -0.39 is 17.9 Å². The first-order valence-electron chi connectivity index (χ1n) is 15.5. The largest absolute Gasteiger partial charge is 0.491 e. The number of hydrogen-bond donors (Lipinski definition) is 5. The number of imidazole rings is 1. The number of nitrogens with one attached hydrogen (secondary N) is 4. The Morgan fingerprint density at radius 3 is 2.40 bits per heavy atom. The number of aromatic amines is 1. The number of H-pyrrole nitrogens is 1. The Labute approximate surface area is 278 Å². The molecule has 6 N–H and O–H groups in total. The molecule has 0 aliphatic rings. The lowest BCUT2D eigenvalue weighted by molar-refractivity contribution is -0.124. The minimum absolute atomic E-state index is 0.0333. The average molecular weight is 659 g/mol. The number of hydrazine groups is 1. The van der Waals surface area contributed by atoms with Crippen LogP contribution in [0.3, 0.4) is 0 Å². The second kappa shape index (κ2) is 16.4. The summed E-state index contributed by atoms with van der Waals surface area (Å²) in [6.07, 6.45) is 2.00. The molecule has 1 heterocycles. The van der Waals surface area contributed by atoms with Gasteiger partial charge in [-0.25, -0.2) is 14.8 Å². The Morgan fingerprint density at radius 2 is 1.67 bits per heavy atom. The Hall–Kier alpha value is -5.47. The third-order valence-corrected chi connectivity index (χ3v) is 7.36. The number of nitrogens with two attached hydrogens (primary N) is 1. The Morgan fingerprint density at radius 1 is 0.917 bits per heavy atom. The molecule has 4 amide bonds. The highest BCUT2D eigenvalue weighted by molar-refractivity contribution is 6.14. The fraction of sp³-hybridized carbons (Fsp3) is 0.324. The van der Waals surface area contributed by atoms with Gasteiger partial charge in [-0.05, 0) is 74.2 Å². The zero-order valence-corrected chi connectivity index (χ0v) is 27.8. The summed E-state index contributed by atoms with van der Waals surface area (Å²) in [5.41, 5.74) is 12.0. The molecule has 1 aromatic heterocycles. The van der Waals surface area contributed by atoms with Gasteiger partial charge in [0.25, 0.3) is 11.8 Å². The number of hydrogen-bond acceptors (Lipinski definition) is 9. The number of rotatable bonds is 14. The Bertz CT molecular complexity index is 1790. The summed E-state index contributed by atoms with van der Waals surface area (Å²) in [4.78, 5) is 60.0. The van der Waals surface area contributed by atoms with E-state index in [1.807, 2.05) is 19.1 Å². The normalized spacial score (nSPS) is 10.9. The molecule has 0 saturated carbocycles. The van der Waals surface area contributed by atoms with Gasteiger partial charge < -0.3 is 30.8 Å². The molecule has 0 saturated heterocycles. The van der Waals surface area contributed by atoms with Crippen molar-refractivity contribution in [2.24, 2.45) is 5.73 Å². The van der Waals surface area contributed by atoms with Crippen LogP contribution >= 0.6 is 0 Å². The van der Waals surface area contributed by atoms with Crippen LogP contribution in [0.15, 0.2) is 54.6 Å². The lowest BCUT2D eigenvalue weighted by atomic mass is 10.1. The molecule has 254 valence electrons. The van der Waals surface area contributed by atoms with Gasteiger partial charge >= 0.3 is 6.09 Å². The van der Waals surface area contributed by atoms with Crippen LogP contribution in [-0.2, 0) is 16.1 Å². The summed E-state index contributed by atoms with van der Waals surface area (Å²) in [5, 5.41) is 7.35. The van der Waals surface area contributed by atoms with E-state index in [-0.39, 0.29) is 29.4 Å². The molecule has 0 spiro atoms. The molecule has 0 bridgehead atoms. The summed E-state index contributed by atoms with van der Waals surface area (Å²) in [6, 6.07) is 15.2. The predicted molar refractivity (Wildman–Crippen MR) is 184 cm³/mol. The predicted octanol–water partition coefficient (Wildman–Crippen LogP) is 4.57. The van der Waals surface area contributed by atoms with Gasteiger partial charge in [0.05, 0.1) is 48.4 Å². The standard InChI is InChI=1S/C34H42N8O6/c1-21-13-15-25(28(18-21)48-17-8-6-7-12-30(43)40-41(2)3)38-32(44)22-14-16-24(27(19-22)42(4)34(46)47-5)37-33(45)23-10-9-11-26-31(23)39-29(20-35)36-26/h9-11,13-16,18-19H,6-8,12,17,20,35H2,1-5H3,(H,36,39)(H,37,45)(H,38,44)(H,40,43). The van der Waals surface area contributed by atoms with E-state index in [4.69, 9.17) is 15.2 Å². The van der Waals surface area contributed by atoms with Crippen LogP contribution in [0.4, 0.5) is 21.9 Å². The molecule has 3 aromatic carbocycles. The lowest BCUT2D eigenvalue weighted by Crippen LogP contribution is -2.35. The van der Waals surface area contributed by atoms with Crippen molar-refractivity contribution in [1.82, 2.24) is 20.4 Å². The van der Waals surface area contributed by atoms with Crippen LogP contribution in [0.5, 0.6) is 5.75 Å². The highest BCUT2D eigenvalue weighted by Crippen LogP contribution is 2.31. The minimum atomic E-state index is -0.697. The van der Waals surface area contributed by atoms with Crippen LogP contribution in [-0.4, -0.2) is 73.7 Å². The summed E-state index contributed by atoms with van der Waals surface area (Å²) < 4.78 is 10.9. The summed E-state index contributed by atoms with van der Waals surface area (Å²) in [7, 11) is 6.24. The Balaban J connectivity index is 1.49. The van der Waals surface area contributed by atoms with Gasteiger partial charge in [0.15, 0.2) is 0 Å². The number of amides is 4. The number of unbranched alkanes of at least 4 members (excludes halogenated alkanes) is 2. The van der Waals surface area contributed by atoms with E-state index in [0.29, 0.717) is 46.9 Å². The van der Waals surface area contributed by atoms with Crippen molar-refractivity contribution in [3.05, 3.63) is 77.1 Å². The first-order chi connectivity index (χ1) is 23.0. The maximum Gasteiger partial charge on any atom is 0.413 e. The van der Waals surface area contributed by atoms with Gasteiger partial charge in [-0.1, -0.05) is 12.1 Å². The molecule has 0 aliphatic heterocycles. The average Bonchev–Trinajstić information content (AvgIpc) is 3.50. The molecule has 0 fully saturated rings. The van der Waals surface area contributed by atoms with Gasteiger partial charge in [0.1, 0.15) is 17.1 Å². The van der Waals surface area contributed by atoms with Crippen LogP contribution in [0.2, 0.25) is 0 Å². The third-order valence-electron chi connectivity index (χ3n) is 7.36. The fourth-order valence-corrected chi connectivity index (χ4v) is 4.94. The maximum absolute atomic E-state index is 13.5. The van der Waals surface area contributed by atoms with Crippen molar-refractivity contribution in [3.8, 4) is 5.75 Å². The summed E-state index contributed by atoms with van der Waals surface area (Å²) >= 11 is 0. The van der Waals surface area contributed by atoms with E-state index in [2.05, 4.69) is 26.0 Å². The first kappa shape index (κ1) is 35.4. The topological polar surface area (TPSA) is 184 Å². The van der Waals surface area contributed by atoms with Crippen LogP contribution in [0.25, 0.3) is 11.0 Å². The number of aryl methyl sites for hydroxylation is 1. The number of fused-ring (bicyclic) bond motifs is 1. The van der Waals surface area contributed by atoms with Crippen LogP contribution in [0.1, 0.15) is 57.8 Å². The van der Waals surface area contributed by atoms with Crippen LogP contribution in [0, 0.1) is 6.92 Å². The number of carbonyl (C=O) groups is 4. The molecular formula is C34H42N8O6. The number of para-hydroxylation sites is 1. The smallest absolute Gasteiger partial charge is 0.413 e. The molecule has 0 radical (unpaired) electrons. The number of anilines is 3. The molecule has 48 heavy (non-hydrogen) atoms. The SMILES string of the molecule is COC(=O)N(C)c1cc(C(=O)Nc2ccc(C)cc2OCCCCCC(=O)NN(C)C)ccc1NC(=O)c1cccc2[nH]c(CN)nc12. The molecule has 0 unspecified atom stereocenters. The van der Waals surface area contributed by atoms with Gasteiger partial charge in [-0.3, -0.25) is 24.7 Å². The minimum Gasteiger partial charge on any atom is -0.491 e. The quantitative estimate of drug-likeness (QED) is 0.0957. The van der Waals surface area contributed by atoms with E-state index in [0.717, 1.165) is 24.8 Å². The van der Waals surface area contributed by atoms with Crippen LogP contribution < -0.4 is 31.4 Å². The molecule has 14 nitrogen and oxygen atoms in total. The van der Waals surface area contributed by atoms with Crippen molar-refractivity contribution >= 4 is 51.9 Å². The van der Waals surface area contributed by atoms with Crippen molar-refractivity contribution in [3.63, 3.8) is 0 Å². The Kier molecular flexibility index (Phi) is 12.1. The maximum atomic E-state index is 13.5. The van der Waals surface area contributed by atoms with Crippen molar-refractivity contribution in [1.29, 1.82) is 0 Å². The molecule has 4 rings (SSSR count). The second-order valence-electron chi connectivity index (χ2n) is 11.3. The van der Waals surface area contributed by atoms with Crippen molar-refractivity contribution in [2.45, 2.75) is 39.2 Å². The van der Waals surface area contributed by atoms with E-state index in [9.17, 15) is 19.2 Å². The fourth-order valence-electron chi connectivity index (χ4n) is 4.94. The van der Waals surface area contributed by atoms with Gasteiger partial charge in [0.2, 0.25) is 5.91 Å². The molecule has 0 atom stereocenters. The molecule has 14 heteroatoms. The monoisotopic (exact) mass is 658 g/mol. The van der Waals surface area contributed by atoms with Gasteiger partial charge in [-0.2, -0.15) is 0 Å². The van der Waals surface area contributed by atoms with Crippen molar-refractivity contribution in [2.75, 3.05) is 50.4 Å². The number of benzene rings is 3. The summed E-state index contributed by atoms with van der Waals surface area (Å²) in [6.45, 7) is 2.51. The van der Waals surface area contributed by atoms with Gasteiger partial charge in [-0.15, -0.1) is 0 Å². The van der Waals surface area contributed by atoms with Crippen molar-refractivity contribution < 1.29 is 28.7 Å². The first-order valence-corrected chi connectivity index (χ1v) is 15.5. The number of methoxy groups -OCH3 is 1. The molecule has 4 aromatic rings. The third kappa shape index (κ3) is 9.08. The highest BCUT2D eigenvalue weighted by atomic mass is 16.5. The highest BCUT2D eigenvalue weighted by Gasteiger charge is 2.21. The second-order valence-corrected chi connectivity index (χ2v) is 11.3. The number of ether oxygens (including phenoxy) is 2. The van der Waals surface area contributed by atoms with E-state index >= 15 is 0 Å². The van der Waals surface area contributed by atoms with E-state index in [1.165, 1.54) is 25.1 Å². The molecular weight excluding hydrogens is 616 g/mol. The van der Waals surface area contributed by atoms with E-state index in [1.54, 1.807) is 55.5 Å². The molecule has 0 aliphatic carbocycles. The number of nitrogens with zero attached hydrogens (tertiary/aromatic N) is 3.